The molecule has 0 aromatic heterocycles. The normalized spacial score (nSPS) is 13.0. The summed E-state index contributed by atoms with van der Waals surface area (Å²) >= 11 is 0. The van der Waals surface area contributed by atoms with E-state index < -0.39 is 18.2 Å². The minimum Gasteiger partial charge on any atom is -0.508 e. The first-order valence-electron chi connectivity index (χ1n) is 12.3. The van der Waals surface area contributed by atoms with Crippen LogP contribution in [0.2, 0.25) is 0 Å². The average molecular weight is 510 g/mol. The number of phenolic OH excluding ortho intramolecular Hbond substituents is 1. The number of hydrogen-bond acceptors (Lipinski definition) is 6. The zero-order chi connectivity index (χ0) is 26.5. The highest BCUT2D eigenvalue weighted by Crippen LogP contribution is 2.44. The number of ether oxygens (including phenoxy) is 1. The van der Waals surface area contributed by atoms with E-state index in [0.29, 0.717) is 5.56 Å². The summed E-state index contributed by atoms with van der Waals surface area (Å²) in [6.07, 6.45) is -0.918. The van der Waals surface area contributed by atoms with Gasteiger partial charge in [0.15, 0.2) is 0 Å². The standard InChI is InChI=1S/C31H27NO6/c33-23-16-14-21(15-17-23)18-29(30(34)35)32(19-22-8-2-1-3-9-22)38-31(36)37-20-28-26-12-6-4-10-24(26)25-11-5-7-13-27(25)28/h1-17,28-29,33H,18-20H2,(H,34,35)/t29-/m0/s1. The molecule has 0 bridgehead atoms. The lowest BCUT2D eigenvalue weighted by atomic mass is 9.98. The van der Waals surface area contributed by atoms with Crippen molar-refractivity contribution in [3.8, 4) is 16.9 Å². The van der Waals surface area contributed by atoms with Crippen LogP contribution in [0, 0.1) is 0 Å². The van der Waals surface area contributed by atoms with Crippen molar-refractivity contribution in [1.82, 2.24) is 5.06 Å². The SMILES string of the molecule is O=C(OCC1c2ccccc2-c2ccccc21)ON(Cc1ccccc1)[C@@H](Cc1ccc(O)cc1)C(=O)O. The maximum Gasteiger partial charge on any atom is 0.527 e. The van der Waals surface area contributed by atoms with Crippen LogP contribution in [0.25, 0.3) is 11.1 Å². The van der Waals surface area contributed by atoms with Crippen LogP contribution in [0.1, 0.15) is 28.2 Å². The molecule has 4 aromatic carbocycles. The van der Waals surface area contributed by atoms with E-state index in [9.17, 15) is 19.8 Å². The van der Waals surface area contributed by atoms with Crippen LogP contribution in [-0.2, 0) is 27.3 Å². The fourth-order valence-electron chi connectivity index (χ4n) is 4.85. The molecule has 0 saturated heterocycles. The van der Waals surface area contributed by atoms with Crippen LogP contribution >= 0.6 is 0 Å². The maximum atomic E-state index is 12.9. The van der Waals surface area contributed by atoms with Gasteiger partial charge in [0.2, 0.25) is 0 Å². The van der Waals surface area contributed by atoms with Crippen molar-refractivity contribution in [1.29, 1.82) is 0 Å². The van der Waals surface area contributed by atoms with Gasteiger partial charge < -0.3 is 19.8 Å². The van der Waals surface area contributed by atoms with Crippen molar-refractivity contribution in [2.45, 2.75) is 24.9 Å². The molecule has 0 aliphatic heterocycles. The van der Waals surface area contributed by atoms with Crippen LogP contribution in [-0.4, -0.2) is 40.0 Å². The number of carboxylic acids is 1. The van der Waals surface area contributed by atoms with Crippen LogP contribution in [0.15, 0.2) is 103 Å². The van der Waals surface area contributed by atoms with Gasteiger partial charge in [-0.1, -0.05) is 91.0 Å². The first-order valence-corrected chi connectivity index (χ1v) is 12.3. The molecule has 4 aromatic rings. The Morgan fingerprint density at radius 3 is 1.95 bits per heavy atom. The van der Waals surface area contributed by atoms with Gasteiger partial charge in [-0.15, -0.1) is 5.06 Å². The summed E-state index contributed by atoms with van der Waals surface area (Å²) in [6, 6.07) is 30.3. The van der Waals surface area contributed by atoms with E-state index in [1.54, 1.807) is 12.1 Å². The Bertz CT molecular complexity index is 1370. The Morgan fingerprint density at radius 2 is 1.34 bits per heavy atom. The fourth-order valence-corrected chi connectivity index (χ4v) is 4.85. The molecule has 0 fully saturated rings. The van der Waals surface area contributed by atoms with Crippen molar-refractivity contribution in [3.05, 3.63) is 125 Å². The summed E-state index contributed by atoms with van der Waals surface area (Å²) < 4.78 is 5.57. The molecule has 7 nitrogen and oxygen atoms in total. The summed E-state index contributed by atoms with van der Waals surface area (Å²) in [5.41, 5.74) is 5.79. The van der Waals surface area contributed by atoms with Gasteiger partial charge in [0.1, 0.15) is 18.4 Å². The van der Waals surface area contributed by atoms with E-state index in [1.807, 2.05) is 66.7 Å². The van der Waals surface area contributed by atoms with Crippen molar-refractivity contribution in [2.24, 2.45) is 0 Å². The second-order valence-corrected chi connectivity index (χ2v) is 9.16. The Labute approximate surface area is 220 Å². The summed E-state index contributed by atoms with van der Waals surface area (Å²) in [4.78, 5) is 30.8. The summed E-state index contributed by atoms with van der Waals surface area (Å²) in [5, 5.41) is 20.8. The predicted molar refractivity (Wildman–Crippen MR) is 141 cm³/mol. The highest BCUT2D eigenvalue weighted by atomic mass is 16.8. The van der Waals surface area contributed by atoms with Crippen molar-refractivity contribution in [3.63, 3.8) is 0 Å². The van der Waals surface area contributed by atoms with Crippen LogP contribution in [0.4, 0.5) is 4.79 Å². The van der Waals surface area contributed by atoms with Crippen molar-refractivity contribution in [2.75, 3.05) is 6.61 Å². The summed E-state index contributed by atoms with van der Waals surface area (Å²) in [6.45, 7) is 0.113. The number of phenols is 1. The maximum absolute atomic E-state index is 12.9. The number of carboxylic acid groups (broad SMARTS) is 1. The molecule has 192 valence electrons. The molecule has 0 radical (unpaired) electrons. The van der Waals surface area contributed by atoms with Gasteiger partial charge in [0.05, 0.1) is 6.54 Å². The third-order valence-electron chi connectivity index (χ3n) is 6.70. The van der Waals surface area contributed by atoms with Gasteiger partial charge in [0.25, 0.3) is 0 Å². The van der Waals surface area contributed by atoms with Gasteiger partial charge in [-0.05, 0) is 45.5 Å². The number of aliphatic carboxylic acids is 1. The number of benzene rings is 4. The third-order valence-corrected chi connectivity index (χ3v) is 6.70. The van der Waals surface area contributed by atoms with Gasteiger partial charge in [-0.25, -0.2) is 4.79 Å². The van der Waals surface area contributed by atoms with E-state index in [0.717, 1.165) is 32.9 Å². The lowest BCUT2D eigenvalue weighted by Crippen LogP contribution is -2.43. The molecule has 0 saturated carbocycles. The molecular formula is C31H27NO6. The molecule has 0 spiro atoms. The molecule has 0 unspecified atom stereocenters. The highest BCUT2D eigenvalue weighted by Gasteiger charge is 2.32. The smallest absolute Gasteiger partial charge is 0.508 e. The van der Waals surface area contributed by atoms with E-state index in [-0.39, 0.29) is 31.2 Å². The Balaban J connectivity index is 1.33. The number of hydrogen-bond donors (Lipinski definition) is 2. The molecule has 5 rings (SSSR count). The number of fused-ring (bicyclic) bond motifs is 3. The Morgan fingerprint density at radius 1 is 0.763 bits per heavy atom. The monoisotopic (exact) mass is 509 g/mol. The van der Waals surface area contributed by atoms with Gasteiger partial charge in [-0.3, -0.25) is 4.79 Å². The highest BCUT2D eigenvalue weighted by molar-refractivity contribution is 5.79. The van der Waals surface area contributed by atoms with Crippen molar-refractivity contribution >= 4 is 12.1 Å². The average Bonchev–Trinajstić information content (AvgIpc) is 3.25. The number of hydroxylamine groups is 2. The van der Waals surface area contributed by atoms with Gasteiger partial charge in [-0.2, -0.15) is 0 Å². The van der Waals surface area contributed by atoms with Crippen LogP contribution in [0.5, 0.6) is 5.75 Å². The Hall–Kier alpha value is -4.62. The van der Waals surface area contributed by atoms with E-state index in [4.69, 9.17) is 9.57 Å². The summed E-state index contributed by atoms with van der Waals surface area (Å²) in [5.74, 6) is -1.22. The first kappa shape index (κ1) is 25.0. The minimum absolute atomic E-state index is 0.0547. The van der Waals surface area contributed by atoms with E-state index in [1.165, 1.54) is 12.1 Å². The first-order chi connectivity index (χ1) is 18.5. The molecule has 0 amide bonds. The molecule has 1 aliphatic carbocycles. The lowest BCUT2D eigenvalue weighted by molar-refractivity contribution is -0.182. The minimum atomic E-state index is -1.18. The Kier molecular flexibility index (Phi) is 7.38. The molecule has 1 aliphatic rings. The molecule has 38 heavy (non-hydrogen) atoms. The second kappa shape index (κ2) is 11.2. The van der Waals surface area contributed by atoms with Crippen molar-refractivity contribution < 1.29 is 29.4 Å². The van der Waals surface area contributed by atoms with E-state index in [2.05, 4.69) is 12.1 Å². The quantitative estimate of drug-likeness (QED) is 0.218. The molecule has 0 heterocycles. The molecule has 7 heteroatoms. The number of rotatable bonds is 9. The number of carbonyl (C=O) groups is 2. The lowest BCUT2D eigenvalue weighted by Gasteiger charge is -2.27. The summed E-state index contributed by atoms with van der Waals surface area (Å²) in [7, 11) is 0. The molecule has 1 atom stereocenters. The zero-order valence-electron chi connectivity index (χ0n) is 20.6. The zero-order valence-corrected chi connectivity index (χ0v) is 20.6. The second-order valence-electron chi connectivity index (χ2n) is 9.16. The number of aromatic hydroxyl groups is 1. The molecule has 2 N–H and O–H groups in total. The fraction of sp³-hybridized carbons (Fsp3) is 0.161. The van der Waals surface area contributed by atoms with Gasteiger partial charge in [0, 0.05) is 12.3 Å². The van der Waals surface area contributed by atoms with Crippen LogP contribution in [0.3, 0.4) is 0 Å². The molecular weight excluding hydrogens is 482 g/mol. The number of nitrogens with zero attached hydrogens (tertiary/aromatic N) is 1. The largest absolute Gasteiger partial charge is 0.527 e. The van der Waals surface area contributed by atoms with E-state index >= 15 is 0 Å². The number of carbonyl (C=O) groups excluding carboxylic acids is 1. The predicted octanol–water partition coefficient (Wildman–Crippen LogP) is 5.77. The third kappa shape index (κ3) is 5.53. The van der Waals surface area contributed by atoms with Gasteiger partial charge >= 0.3 is 12.1 Å². The topological polar surface area (TPSA) is 96.3 Å². The van der Waals surface area contributed by atoms with Crippen LogP contribution < -0.4 is 0 Å².